The number of nitrogens with zero attached hydrogens (tertiary/aromatic N) is 2. The number of benzene rings is 2. The maximum Gasteiger partial charge on any atom is 0.419 e. The molecule has 0 saturated carbocycles. The molecule has 1 aromatic heterocycles. The topological polar surface area (TPSA) is 128 Å². The molecule has 0 aliphatic carbocycles. The molecular weight excluding hydrogens is 414 g/mol. The van der Waals surface area contributed by atoms with E-state index in [1.165, 1.54) is 29.8 Å². The summed E-state index contributed by atoms with van der Waals surface area (Å²) in [7, 11) is -2.61. The van der Waals surface area contributed by atoms with Gasteiger partial charge in [-0.2, -0.15) is 0 Å². The summed E-state index contributed by atoms with van der Waals surface area (Å²) >= 11 is 0. The van der Waals surface area contributed by atoms with Crippen molar-refractivity contribution in [2.24, 2.45) is 7.05 Å². The Morgan fingerprint density at radius 2 is 1.83 bits per heavy atom. The molecule has 0 bridgehead atoms. The number of sulfonamides is 1. The van der Waals surface area contributed by atoms with Crippen LogP contribution in [0.15, 0.2) is 62.6 Å². The van der Waals surface area contributed by atoms with E-state index in [0.29, 0.717) is 11.1 Å². The number of aromatic nitrogens is 1. The van der Waals surface area contributed by atoms with E-state index in [1.54, 1.807) is 30.3 Å². The van der Waals surface area contributed by atoms with Crippen LogP contribution in [0.2, 0.25) is 0 Å². The maximum absolute atomic E-state index is 13.1. The summed E-state index contributed by atoms with van der Waals surface area (Å²) in [5.74, 6) is -1.16. The van der Waals surface area contributed by atoms with Crippen molar-refractivity contribution in [1.29, 1.82) is 0 Å². The average Bonchev–Trinajstić information content (AvgIpc) is 3.20. The van der Waals surface area contributed by atoms with Crippen molar-refractivity contribution in [1.82, 2.24) is 14.2 Å². The van der Waals surface area contributed by atoms with Gasteiger partial charge in [0.2, 0.25) is 10.0 Å². The summed E-state index contributed by atoms with van der Waals surface area (Å²) in [5.41, 5.74) is 1.13. The summed E-state index contributed by atoms with van der Waals surface area (Å²) in [5, 5.41) is 0. The molecule has 1 N–H and O–H groups in total. The second-order valence-corrected chi connectivity index (χ2v) is 8.41. The number of fused-ring (bicyclic) bond motifs is 1. The molecule has 3 aromatic rings. The molecular formula is C19H17N3O7S. The minimum atomic E-state index is -4.08. The highest BCUT2D eigenvalue weighted by Gasteiger charge is 2.34. The van der Waals surface area contributed by atoms with Gasteiger partial charge in [-0.3, -0.25) is 9.36 Å². The van der Waals surface area contributed by atoms with Crippen molar-refractivity contribution in [3.05, 3.63) is 64.6 Å². The van der Waals surface area contributed by atoms with Gasteiger partial charge in [-0.1, -0.05) is 30.3 Å². The average molecular weight is 431 g/mol. The lowest BCUT2D eigenvalue weighted by Gasteiger charge is -2.22. The molecule has 0 spiro atoms. The smallest absolute Gasteiger partial charge is 0.419 e. The van der Waals surface area contributed by atoms with Gasteiger partial charge in [-0.15, -0.1) is 0 Å². The number of cyclic esters (lactones) is 1. The van der Waals surface area contributed by atoms with Crippen LogP contribution in [0.5, 0.6) is 0 Å². The summed E-state index contributed by atoms with van der Waals surface area (Å²) in [6.45, 7) is -0.606. The molecule has 30 heavy (non-hydrogen) atoms. The minimum absolute atomic E-state index is 0.0948. The van der Waals surface area contributed by atoms with Crippen LogP contribution in [0.3, 0.4) is 0 Å². The number of oxazole rings is 1. The fraction of sp³-hybridized carbons (Fsp3) is 0.211. The first-order chi connectivity index (χ1) is 14.3. The van der Waals surface area contributed by atoms with E-state index in [0.717, 1.165) is 4.90 Å². The summed E-state index contributed by atoms with van der Waals surface area (Å²) in [6.07, 6.45) is -0.824. The zero-order chi connectivity index (χ0) is 21.5. The van der Waals surface area contributed by atoms with E-state index < -0.39 is 33.8 Å². The summed E-state index contributed by atoms with van der Waals surface area (Å²) in [4.78, 5) is 36.2. The first-order valence-corrected chi connectivity index (χ1v) is 10.4. The number of nitrogens with one attached hydrogen (secondary N) is 1. The predicted molar refractivity (Wildman–Crippen MR) is 104 cm³/mol. The van der Waals surface area contributed by atoms with Gasteiger partial charge in [0, 0.05) is 7.05 Å². The highest BCUT2D eigenvalue weighted by atomic mass is 32.2. The highest BCUT2D eigenvalue weighted by Crippen LogP contribution is 2.23. The molecule has 10 nitrogen and oxygen atoms in total. The van der Waals surface area contributed by atoms with Crippen molar-refractivity contribution in [2.75, 3.05) is 13.2 Å². The predicted octanol–water partition coefficient (Wildman–Crippen LogP) is 1.13. The summed E-state index contributed by atoms with van der Waals surface area (Å²) < 4.78 is 39.6. The second-order valence-electron chi connectivity index (χ2n) is 6.70. The van der Waals surface area contributed by atoms with Crippen LogP contribution in [-0.4, -0.2) is 43.0 Å². The van der Waals surface area contributed by atoms with E-state index in [2.05, 4.69) is 4.72 Å². The third kappa shape index (κ3) is 3.60. The fourth-order valence-corrected chi connectivity index (χ4v) is 4.40. The van der Waals surface area contributed by atoms with Crippen LogP contribution < -0.4 is 10.5 Å². The first kappa shape index (κ1) is 19.9. The Bertz CT molecular complexity index is 1280. The molecule has 4 rings (SSSR count). The third-order valence-electron chi connectivity index (χ3n) is 4.78. The Hall–Kier alpha value is -3.44. The maximum atomic E-state index is 13.1. The lowest BCUT2D eigenvalue weighted by Crippen LogP contribution is -2.40. The molecule has 11 heteroatoms. The molecule has 1 aliphatic heterocycles. The van der Waals surface area contributed by atoms with Crippen LogP contribution in [0.1, 0.15) is 11.6 Å². The molecule has 0 radical (unpaired) electrons. The Kier molecular flexibility index (Phi) is 4.92. The number of hydrogen-bond acceptors (Lipinski definition) is 7. The molecule has 1 atom stereocenters. The lowest BCUT2D eigenvalue weighted by molar-refractivity contribution is -0.126. The van der Waals surface area contributed by atoms with Crippen LogP contribution in [0.25, 0.3) is 11.1 Å². The molecule has 1 fully saturated rings. The zero-order valence-electron chi connectivity index (χ0n) is 15.8. The van der Waals surface area contributed by atoms with Crippen molar-refractivity contribution in [3.8, 4) is 0 Å². The molecule has 1 aliphatic rings. The van der Waals surface area contributed by atoms with Crippen LogP contribution in [-0.2, 0) is 26.6 Å². The SMILES string of the molecule is Cn1c(=O)oc2ccc(S(=O)(=O)NC(CN3C(=O)COC3=O)c3ccccc3)cc21. The van der Waals surface area contributed by atoms with Crippen molar-refractivity contribution < 1.29 is 27.2 Å². The van der Waals surface area contributed by atoms with Gasteiger partial charge in [-0.05, 0) is 23.8 Å². The normalized spacial score (nSPS) is 15.6. The molecule has 156 valence electrons. The molecule has 1 unspecified atom stereocenters. The van der Waals surface area contributed by atoms with Crippen molar-refractivity contribution in [3.63, 3.8) is 0 Å². The van der Waals surface area contributed by atoms with E-state index in [9.17, 15) is 22.8 Å². The fourth-order valence-electron chi connectivity index (χ4n) is 3.17. The van der Waals surface area contributed by atoms with E-state index >= 15 is 0 Å². The minimum Gasteiger partial charge on any atom is -0.439 e. The molecule has 2 aromatic carbocycles. The summed E-state index contributed by atoms with van der Waals surface area (Å²) in [6, 6.07) is 11.7. The third-order valence-corrected chi connectivity index (χ3v) is 6.25. The second kappa shape index (κ2) is 7.43. The number of imide groups is 1. The Morgan fingerprint density at radius 3 is 2.50 bits per heavy atom. The number of carbonyl (C=O) groups is 2. The van der Waals surface area contributed by atoms with E-state index in [1.807, 2.05) is 0 Å². The first-order valence-electron chi connectivity index (χ1n) is 8.90. The van der Waals surface area contributed by atoms with Gasteiger partial charge in [0.1, 0.15) is 0 Å². The Balaban J connectivity index is 1.69. The lowest BCUT2D eigenvalue weighted by atomic mass is 10.1. The van der Waals surface area contributed by atoms with Crippen LogP contribution in [0.4, 0.5) is 4.79 Å². The molecule has 2 heterocycles. The number of ether oxygens (including phenoxy) is 1. The van der Waals surface area contributed by atoms with Crippen LogP contribution in [0, 0.1) is 0 Å². The van der Waals surface area contributed by atoms with E-state index in [-0.39, 0.29) is 23.6 Å². The van der Waals surface area contributed by atoms with Gasteiger partial charge >= 0.3 is 11.8 Å². The standard InChI is InChI=1S/C19H17N3O7S/c1-21-15-9-13(7-8-16(15)29-18(21)24)30(26,27)20-14(12-5-3-2-4-6-12)10-22-17(23)11-28-19(22)25/h2-9,14,20H,10-11H2,1H3. The number of rotatable bonds is 6. The van der Waals surface area contributed by atoms with Gasteiger partial charge in [0.05, 0.1) is 23.0 Å². The van der Waals surface area contributed by atoms with Gasteiger partial charge in [0.15, 0.2) is 12.2 Å². The number of amides is 2. The van der Waals surface area contributed by atoms with E-state index in [4.69, 9.17) is 9.15 Å². The Labute approximate surface area is 170 Å². The van der Waals surface area contributed by atoms with Gasteiger partial charge < -0.3 is 9.15 Å². The zero-order valence-corrected chi connectivity index (χ0v) is 16.6. The quantitative estimate of drug-likeness (QED) is 0.620. The van der Waals surface area contributed by atoms with Crippen LogP contribution >= 0.6 is 0 Å². The Morgan fingerprint density at radius 1 is 1.10 bits per heavy atom. The van der Waals surface area contributed by atoms with Crippen molar-refractivity contribution in [2.45, 2.75) is 10.9 Å². The number of hydrogen-bond donors (Lipinski definition) is 1. The molecule has 2 amide bonds. The van der Waals surface area contributed by atoms with Crippen molar-refractivity contribution >= 4 is 33.1 Å². The highest BCUT2D eigenvalue weighted by molar-refractivity contribution is 7.89. The number of aryl methyl sites for hydroxylation is 1. The monoisotopic (exact) mass is 431 g/mol. The van der Waals surface area contributed by atoms with Gasteiger partial charge in [0.25, 0.3) is 5.91 Å². The van der Waals surface area contributed by atoms with Gasteiger partial charge in [-0.25, -0.2) is 27.6 Å². The number of carbonyl (C=O) groups excluding carboxylic acids is 2. The molecule has 1 saturated heterocycles. The largest absolute Gasteiger partial charge is 0.439 e.